The van der Waals surface area contributed by atoms with Crippen LogP contribution in [0, 0.1) is 18.8 Å². The van der Waals surface area contributed by atoms with Gasteiger partial charge in [0, 0.05) is 24.4 Å². The van der Waals surface area contributed by atoms with Crippen LogP contribution in [0.25, 0.3) is 0 Å². The van der Waals surface area contributed by atoms with Crippen LogP contribution in [0.4, 0.5) is 5.69 Å². The second-order valence-electron chi connectivity index (χ2n) is 5.83. The van der Waals surface area contributed by atoms with Crippen LogP contribution in [0.5, 0.6) is 0 Å². The zero-order valence-corrected chi connectivity index (χ0v) is 12.1. The summed E-state index contributed by atoms with van der Waals surface area (Å²) in [7, 11) is 0. The zero-order valence-electron chi connectivity index (χ0n) is 12.1. The number of hydrogen-bond donors (Lipinski definition) is 3. The summed E-state index contributed by atoms with van der Waals surface area (Å²) in [5.41, 5.74) is 7.98. The summed E-state index contributed by atoms with van der Waals surface area (Å²) < 4.78 is 0. The average Bonchev–Trinajstić information content (AvgIpc) is 2.44. The quantitative estimate of drug-likeness (QED) is 0.737. The zero-order chi connectivity index (χ0) is 14.5. The minimum absolute atomic E-state index is 0.0809. The van der Waals surface area contributed by atoms with E-state index in [-0.39, 0.29) is 12.5 Å². The number of nitrogens with two attached hydrogens (primary N) is 1. The fourth-order valence-electron chi connectivity index (χ4n) is 3.06. The molecule has 0 aromatic heterocycles. The lowest BCUT2D eigenvalue weighted by Gasteiger charge is -2.30. The maximum absolute atomic E-state index is 12.2. The Morgan fingerprint density at radius 3 is 2.65 bits per heavy atom. The molecule has 1 saturated carbocycles. The Morgan fingerprint density at radius 2 is 2.00 bits per heavy atom. The van der Waals surface area contributed by atoms with E-state index in [1.807, 2.05) is 19.1 Å². The van der Waals surface area contributed by atoms with Crippen molar-refractivity contribution in [3.8, 4) is 0 Å². The summed E-state index contributed by atoms with van der Waals surface area (Å²) in [5, 5.41) is 12.4. The minimum atomic E-state index is -0.0809. The van der Waals surface area contributed by atoms with E-state index in [1.54, 1.807) is 6.07 Å². The van der Waals surface area contributed by atoms with E-state index in [1.165, 1.54) is 12.8 Å². The topological polar surface area (TPSA) is 75.4 Å². The number of carbonyl (C=O) groups excluding carboxylic acids is 1. The van der Waals surface area contributed by atoms with Gasteiger partial charge in [-0.1, -0.05) is 12.8 Å². The molecule has 1 aromatic rings. The highest BCUT2D eigenvalue weighted by Gasteiger charge is 2.24. The SMILES string of the molecule is Cc1cc(N)cc(C(=O)NCC2CCCCC2CO)c1. The molecule has 2 atom stereocenters. The molecule has 0 heterocycles. The molecule has 0 radical (unpaired) electrons. The molecule has 1 aliphatic rings. The van der Waals surface area contributed by atoms with Gasteiger partial charge in [-0.25, -0.2) is 0 Å². The van der Waals surface area contributed by atoms with Crippen LogP contribution >= 0.6 is 0 Å². The molecule has 0 saturated heterocycles. The Kier molecular flexibility index (Phi) is 5.01. The van der Waals surface area contributed by atoms with Crippen LogP contribution in [-0.4, -0.2) is 24.2 Å². The molecule has 0 spiro atoms. The van der Waals surface area contributed by atoms with E-state index >= 15 is 0 Å². The van der Waals surface area contributed by atoms with Crippen LogP contribution in [0.1, 0.15) is 41.6 Å². The van der Waals surface area contributed by atoms with Crippen LogP contribution in [0.15, 0.2) is 18.2 Å². The number of aliphatic hydroxyl groups excluding tert-OH is 1. The lowest BCUT2D eigenvalue weighted by Crippen LogP contribution is -2.35. The van der Waals surface area contributed by atoms with Crippen molar-refractivity contribution in [1.29, 1.82) is 0 Å². The average molecular weight is 276 g/mol. The third-order valence-corrected chi connectivity index (χ3v) is 4.19. The van der Waals surface area contributed by atoms with Gasteiger partial charge in [0.1, 0.15) is 0 Å². The fourth-order valence-corrected chi connectivity index (χ4v) is 3.06. The number of aliphatic hydroxyl groups is 1. The first kappa shape index (κ1) is 14.9. The molecule has 2 rings (SSSR count). The van der Waals surface area contributed by atoms with Gasteiger partial charge in [0.05, 0.1) is 0 Å². The largest absolute Gasteiger partial charge is 0.399 e. The molecular formula is C16H24N2O2. The molecule has 110 valence electrons. The van der Waals surface area contributed by atoms with Crippen LogP contribution in [0.2, 0.25) is 0 Å². The third kappa shape index (κ3) is 3.73. The Bertz CT molecular complexity index is 453. The van der Waals surface area contributed by atoms with Crippen LogP contribution in [0.3, 0.4) is 0 Å². The lowest BCUT2D eigenvalue weighted by atomic mass is 9.79. The molecule has 1 aromatic carbocycles. The molecule has 4 heteroatoms. The number of benzene rings is 1. The Labute approximate surface area is 120 Å². The molecular weight excluding hydrogens is 252 g/mol. The van der Waals surface area contributed by atoms with Gasteiger partial charge in [-0.2, -0.15) is 0 Å². The van der Waals surface area contributed by atoms with E-state index in [0.29, 0.717) is 29.6 Å². The maximum Gasteiger partial charge on any atom is 0.251 e. The smallest absolute Gasteiger partial charge is 0.251 e. The highest BCUT2D eigenvalue weighted by molar-refractivity contribution is 5.95. The lowest BCUT2D eigenvalue weighted by molar-refractivity contribution is 0.0909. The first-order valence-electron chi connectivity index (χ1n) is 7.36. The summed E-state index contributed by atoms with van der Waals surface area (Å²) in [6.45, 7) is 2.78. The van der Waals surface area contributed by atoms with Gasteiger partial charge in [0.15, 0.2) is 0 Å². The molecule has 2 unspecified atom stereocenters. The minimum Gasteiger partial charge on any atom is -0.399 e. The van der Waals surface area contributed by atoms with Gasteiger partial charge >= 0.3 is 0 Å². The van der Waals surface area contributed by atoms with Crippen molar-refractivity contribution in [1.82, 2.24) is 5.32 Å². The van der Waals surface area contributed by atoms with Gasteiger partial charge in [0.25, 0.3) is 5.91 Å². The number of anilines is 1. The first-order chi connectivity index (χ1) is 9.60. The Balaban J connectivity index is 1.94. The summed E-state index contributed by atoms with van der Waals surface area (Å²) in [6, 6.07) is 5.39. The number of nitrogens with one attached hydrogen (secondary N) is 1. The van der Waals surface area contributed by atoms with E-state index in [9.17, 15) is 9.90 Å². The van der Waals surface area contributed by atoms with Gasteiger partial charge in [-0.3, -0.25) is 4.79 Å². The predicted molar refractivity (Wildman–Crippen MR) is 80.5 cm³/mol. The van der Waals surface area contributed by atoms with Gasteiger partial charge in [-0.05, 0) is 55.4 Å². The summed E-state index contributed by atoms with van der Waals surface area (Å²) in [6.07, 6.45) is 4.52. The molecule has 0 aliphatic heterocycles. The van der Waals surface area contributed by atoms with Crippen molar-refractivity contribution in [2.45, 2.75) is 32.6 Å². The van der Waals surface area contributed by atoms with Gasteiger partial charge in [-0.15, -0.1) is 0 Å². The van der Waals surface area contributed by atoms with Gasteiger partial charge < -0.3 is 16.2 Å². The van der Waals surface area contributed by atoms with E-state index in [0.717, 1.165) is 18.4 Å². The highest BCUT2D eigenvalue weighted by atomic mass is 16.3. The van der Waals surface area contributed by atoms with Crippen molar-refractivity contribution in [3.63, 3.8) is 0 Å². The Hall–Kier alpha value is -1.55. The molecule has 4 N–H and O–H groups in total. The van der Waals surface area contributed by atoms with E-state index in [4.69, 9.17) is 5.73 Å². The number of carbonyl (C=O) groups is 1. The summed E-state index contributed by atoms with van der Waals surface area (Å²) in [5.74, 6) is 0.633. The Morgan fingerprint density at radius 1 is 1.30 bits per heavy atom. The van der Waals surface area contributed by atoms with Crippen molar-refractivity contribution >= 4 is 11.6 Å². The number of aryl methyl sites for hydroxylation is 1. The van der Waals surface area contributed by atoms with Crippen molar-refractivity contribution < 1.29 is 9.90 Å². The van der Waals surface area contributed by atoms with Crippen molar-refractivity contribution in [3.05, 3.63) is 29.3 Å². The second-order valence-corrected chi connectivity index (χ2v) is 5.83. The monoisotopic (exact) mass is 276 g/mol. The number of hydrogen-bond acceptors (Lipinski definition) is 3. The van der Waals surface area contributed by atoms with Gasteiger partial charge in [0.2, 0.25) is 0 Å². The summed E-state index contributed by atoms with van der Waals surface area (Å²) >= 11 is 0. The van der Waals surface area contributed by atoms with Crippen molar-refractivity contribution in [2.24, 2.45) is 11.8 Å². The molecule has 20 heavy (non-hydrogen) atoms. The van der Waals surface area contributed by atoms with Crippen molar-refractivity contribution in [2.75, 3.05) is 18.9 Å². The van der Waals surface area contributed by atoms with E-state index in [2.05, 4.69) is 5.32 Å². The molecule has 1 fully saturated rings. The first-order valence-corrected chi connectivity index (χ1v) is 7.36. The molecule has 4 nitrogen and oxygen atoms in total. The number of rotatable bonds is 4. The number of nitrogen functional groups attached to an aromatic ring is 1. The highest BCUT2D eigenvalue weighted by Crippen LogP contribution is 2.29. The third-order valence-electron chi connectivity index (χ3n) is 4.19. The predicted octanol–water partition coefficient (Wildman–Crippen LogP) is 2.11. The van der Waals surface area contributed by atoms with Crippen LogP contribution < -0.4 is 11.1 Å². The number of amides is 1. The normalized spacial score (nSPS) is 22.5. The van der Waals surface area contributed by atoms with Crippen LogP contribution in [-0.2, 0) is 0 Å². The standard InChI is InChI=1S/C16H24N2O2/c1-11-6-14(8-15(17)7-11)16(20)18-9-12-4-2-3-5-13(12)10-19/h6-8,12-13,19H,2-5,9-10,17H2,1H3,(H,18,20). The second kappa shape index (κ2) is 6.75. The maximum atomic E-state index is 12.2. The summed E-state index contributed by atoms with van der Waals surface area (Å²) in [4.78, 5) is 12.2. The molecule has 1 amide bonds. The molecule has 1 aliphatic carbocycles. The molecule has 0 bridgehead atoms. The van der Waals surface area contributed by atoms with E-state index < -0.39 is 0 Å². The fraction of sp³-hybridized carbons (Fsp3) is 0.562.